The molecule has 0 heterocycles. The third-order valence-electron chi connectivity index (χ3n) is 3.44. The zero-order valence-corrected chi connectivity index (χ0v) is 14.8. The lowest BCUT2D eigenvalue weighted by Gasteiger charge is -2.06. The summed E-state index contributed by atoms with van der Waals surface area (Å²) < 4.78 is 84.3. The van der Waals surface area contributed by atoms with Crippen molar-refractivity contribution in [3.8, 4) is 5.75 Å². The van der Waals surface area contributed by atoms with Gasteiger partial charge >= 0.3 is 10.7 Å². The molecule has 0 N–H and O–H groups in total. The van der Waals surface area contributed by atoms with Crippen molar-refractivity contribution in [1.82, 2.24) is 0 Å². The third-order valence-corrected chi connectivity index (χ3v) is 4.77. The van der Waals surface area contributed by atoms with E-state index in [2.05, 4.69) is 0 Å². The summed E-state index contributed by atoms with van der Waals surface area (Å²) in [4.78, 5) is 19.3. The smallest absolute Gasteiger partial charge is 0.338 e. The second kappa shape index (κ2) is 8.30. The van der Waals surface area contributed by atoms with E-state index in [1.807, 2.05) is 0 Å². The number of nitro benzene ring substituents is 1. The molecule has 2 rings (SSSR count). The Labute approximate surface area is 160 Å². The van der Waals surface area contributed by atoms with Gasteiger partial charge in [0.25, 0.3) is 0 Å². The van der Waals surface area contributed by atoms with Crippen LogP contribution in [0.2, 0.25) is 0 Å². The van der Waals surface area contributed by atoms with Crippen molar-refractivity contribution in [1.29, 1.82) is 0 Å². The second-order valence-electron chi connectivity index (χ2n) is 5.08. The molecule has 1 atom stereocenters. The molecular weight excluding hydrogens is 431 g/mol. The van der Waals surface area contributed by atoms with Crippen LogP contribution < -0.4 is 4.74 Å². The fourth-order valence-corrected chi connectivity index (χ4v) is 3.11. The van der Waals surface area contributed by atoms with Gasteiger partial charge in [-0.15, -0.1) is 0 Å². The van der Waals surface area contributed by atoms with E-state index in [-0.39, 0.29) is 11.8 Å². The first-order valence-corrected chi connectivity index (χ1v) is 8.27. The number of ether oxygens (including phenoxy) is 1. The minimum atomic E-state index is -2.89. The Morgan fingerprint density at radius 2 is 1.52 bits per heavy atom. The quantitative estimate of drug-likeness (QED) is 0.224. The topological polar surface area (TPSA) is 113 Å². The lowest BCUT2D eigenvalue weighted by atomic mass is 10.1. The van der Waals surface area contributed by atoms with Crippen molar-refractivity contribution < 1.29 is 40.7 Å². The van der Waals surface area contributed by atoms with Gasteiger partial charge in [-0.3, -0.25) is 20.2 Å². The first-order valence-electron chi connectivity index (χ1n) is 7.13. The Balaban J connectivity index is 2.68. The Morgan fingerprint density at radius 1 is 1.00 bits per heavy atom. The van der Waals surface area contributed by atoms with Crippen molar-refractivity contribution in [3.63, 3.8) is 0 Å². The molecule has 0 fully saturated rings. The fourth-order valence-electron chi connectivity index (χ4n) is 2.09. The summed E-state index contributed by atoms with van der Waals surface area (Å²) in [5.74, 6) is -12.2. The average Bonchev–Trinajstić information content (AvgIpc) is 2.69. The molecule has 0 aliphatic heterocycles. The number of halogens is 5. The van der Waals surface area contributed by atoms with Gasteiger partial charge in [-0.05, 0) is 12.1 Å². The molecule has 1 unspecified atom stereocenters. The van der Waals surface area contributed by atoms with Crippen molar-refractivity contribution in [3.05, 3.63) is 78.1 Å². The van der Waals surface area contributed by atoms with Crippen LogP contribution in [-0.4, -0.2) is 21.2 Å². The van der Waals surface area contributed by atoms with Crippen LogP contribution in [0.5, 0.6) is 5.75 Å². The Morgan fingerprint density at radius 3 is 1.97 bits per heavy atom. The molecule has 0 amide bonds. The monoisotopic (exact) mass is 438 g/mol. The van der Waals surface area contributed by atoms with Crippen molar-refractivity contribution in [2.75, 3.05) is 7.11 Å². The number of benzene rings is 2. The molecule has 0 spiro atoms. The van der Waals surface area contributed by atoms with Crippen LogP contribution in [-0.2, 0) is 10.8 Å². The normalized spacial score (nSPS) is 12.6. The molecule has 0 bridgehead atoms. The molecule has 0 aromatic heterocycles. The number of nitro groups is 2. The zero-order chi connectivity index (χ0) is 22.0. The summed E-state index contributed by atoms with van der Waals surface area (Å²) >= 11 is 0. The van der Waals surface area contributed by atoms with E-state index in [0.29, 0.717) is 6.07 Å². The molecule has 154 valence electrons. The van der Waals surface area contributed by atoms with Crippen molar-refractivity contribution in [2.24, 2.45) is 0 Å². The number of nitrogens with zero attached hydrogens (tertiary/aromatic N) is 2. The molecule has 0 aliphatic carbocycles. The van der Waals surface area contributed by atoms with Crippen molar-refractivity contribution >= 4 is 22.6 Å². The van der Waals surface area contributed by atoms with Gasteiger partial charge < -0.3 is 4.74 Å². The highest BCUT2D eigenvalue weighted by Crippen LogP contribution is 2.31. The SMILES string of the molecule is COc1ccc(S(=O)C(=Cc2c(F)c(F)c(F)c(F)c2F)[N+](=O)[O-])cc1[N+](=O)[O-]. The molecule has 0 saturated carbocycles. The summed E-state index contributed by atoms with van der Waals surface area (Å²) in [6.07, 6.45) is -0.0948. The molecule has 29 heavy (non-hydrogen) atoms. The van der Waals surface area contributed by atoms with Gasteiger partial charge in [-0.25, -0.2) is 26.2 Å². The summed E-state index contributed by atoms with van der Waals surface area (Å²) in [6.45, 7) is 0. The predicted octanol–water partition coefficient (Wildman–Crippen LogP) is 3.68. The molecule has 14 heteroatoms. The Bertz CT molecular complexity index is 1060. The van der Waals surface area contributed by atoms with Crippen LogP contribution in [0, 0.1) is 49.3 Å². The lowest BCUT2D eigenvalue weighted by molar-refractivity contribution is -0.409. The standard InChI is InChI=1S/C15H7F5N2O6S/c1-28-9-3-2-6(4-8(9)21(23)24)29(27)10(22(25)26)5-7-11(16)13(18)15(20)14(19)12(7)17/h2-5H,1H3. The van der Waals surface area contributed by atoms with E-state index in [4.69, 9.17) is 4.74 Å². The molecule has 8 nitrogen and oxygen atoms in total. The van der Waals surface area contributed by atoms with Gasteiger partial charge in [0.05, 0.1) is 27.4 Å². The van der Waals surface area contributed by atoms with Crippen molar-refractivity contribution in [2.45, 2.75) is 4.90 Å². The van der Waals surface area contributed by atoms with Gasteiger partial charge in [0.15, 0.2) is 39.8 Å². The summed E-state index contributed by atoms with van der Waals surface area (Å²) in [6, 6.07) is 2.53. The minimum Gasteiger partial charge on any atom is -0.490 e. The number of hydrogen-bond donors (Lipinski definition) is 0. The van der Waals surface area contributed by atoms with Crippen LogP contribution in [0.15, 0.2) is 28.1 Å². The molecular formula is C15H7F5N2O6S. The van der Waals surface area contributed by atoms with Crippen LogP contribution in [0.3, 0.4) is 0 Å². The largest absolute Gasteiger partial charge is 0.490 e. The Hall–Kier alpha value is -3.42. The van der Waals surface area contributed by atoms with Crippen LogP contribution in [0.25, 0.3) is 6.08 Å². The molecule has 2 aromatic carbocycles. The first kappa shape index (κ1) is 21.9. The van der Waals surface area contributed by atoms with Crippen LogP contribution in [0.1, 0.15) is 5.56 Å². The lowest BCUT2D eigenvalue weighted by Crippen LogP contribution is -2.09. The van der Waals surface area contributed by atoms with Gasteiger partial charge in [-0.2, -0.15) is 0 Å². The highest BCUT2D eigenvalue weighted by Gasteiger charge is 2.30. The minimum absolute atomic E-state index is 0.0948. The van der Waals surface area contributed by atoms with E-state index < -0.39 is 70.9 Å². The van der Waals surface area contributed by atoms with Crippen LogP contribution >= 0.6 is 0 Å². The first-order chi connectivity index (χ1) is 13.5. The van der Waals surface area contributed by atoms with Gasteiger partial charge in [-0.1, -0.05) is 0 Å². The number of methoxy groups -OCH3 is 1. The highest BCUT2D eigenvalue weighted by atomic mass is 32.2. The van der Waals surface area contributed by atoms with E-state index in [1.165, 1.54) is 0 Å². The zero-order valence-electron chi connectivity index (χ0n) is 14.0. The average molecular weight is 438 g/mol. The van der Waals surface area contributed by atoms with Gasteiger partial charge in [0.1, 0.15) is 0 Å². The summed E-state index contributed by atoms with van der Waals surface area (Å²) in [5.41, 5.74) is -2.42. The molecule has 0 saturated heterocycles. The molecule has 0 aliphatic rings. The number of hydrogen-bond acceptors (Lipinski definition) is 6. The Kier molecular flexibility index (Phi) is 6.26. The maximum atomic E-state index is 13.8. The van der Waals surface area contributed by atoms with E-state index in [0.717, 1.165) is 19.2 Å². The number of rotatable bonds is 6. The van der Waals surface area contributed by atoms with E-state index in [9.17, 15) is 46.4 Å². The molecule has 2 aromatic rings. The third kappa shape index (κ3) is 4.06. The predicted molar refractivity (Wildman–Crippen MR) is 87.3 cm³/mol. The molecule has 0 radical (unpaired) electrons. The second-order valence-corrected chi connectivity index (χ2v) is 6.51. The van der Waals surface area contributed by atoms with E-state index in [1.54, 1.807) is 0 Å². The summed E-state index contributed by atoms with van der Waals surface area (Å²) in [7, 11) is -1.81. The highest BCUT2D eigenvalue weighted by molar-refractivity contribution is 7.88. The van der Waals surface area contributed by atoms with Crippen LogP contribution in [0.4, 0.5) is 27.6 Å². The van der Waals surface area contributed by atoms with Gasteiger partial charge in [0, 0.05) is 12.1 Å². The van der Waals surface area contributed by atoms with Gasteiger partial charge in [0.2, 0.25) is 5.82 Å². The maximum absolute atomic E-state index is 13.8. The summed E-state index contributed by atoms with van der Waals surface area (Å²) in [5, 5.41) is 20.7. The fraction of sp³-hybridized carbons (Fsp3) is 0.0667. The van der Waals surface area contributed by atoms with E-state index >= 15 is 0 Å². The maximum Gasteiger partial charge on any atom is 0.338 e.